The van der Waals surface area contributed by atoms with Gasteiger partial charge in [-0.2, -0.15) is 0 Å². The third kappa shape index (κ3) is 6.06. The van der Waals surface area contributed by atoms with Gasteiger partial charge in [-0.25, -0.2) is 15.0 Å². The van der Waals surface area contributed by atoms with Crippen molar-refractivity contribution in [3.05, 3.63) is 200 Å². The summed E-state index contributed by atoms with van der Waals surface area (Å²) in [6.45, 7) is 2.26. The molecular formula is C55H41N5. The Morgan fingerprint density at radius 2 is 1.00 bits per heavy atom. The second kappa shape index (κ2) is 14.9. The summed E-state index contributed by atoms with van der Waals surface area (Å²) in [5.74, 6) is 1.92. The van der Waals surface area contributed by atoms with Gasteiger partial charge < -0.3 is 9.13 Å². The molecule has 0 saturated heterocycles. The molecule has 0 saturated carbocycles. The number of nitrogens with zero attached hydrogens (tertiary/aromatic N) is 5. The number of aryl methyl sites for hydroxylation is 1. The summed E-state index contributed by atoms with van der Waals surface area (Å²) in [7, 11) is 0. The molecule has 60 heavy (non-hydrogen) atoms. The SMILES string of the molecule is CCCCc1ccc2c3ccc4c(c5ccccc5n4-c4cccc(-c5ccccc5-c5nc(-c6ccccc6)nc(-c6ccccc6)n5)c4)c3n(-c3ccccc3)c2c1. The molecule has 0 amide bonds. The molecule has 0 aliphatic carbocycles. The van der Waals surface area contributed by atoms with Crippen molar-refractivity contribution in [1.29, 1.82) is 0 Å². The van der Waals surface area contributed by atoms with E-state index in [2.05, 4.69) is 150 Å². The van der Waals surface area contributed by atoms with Gasteiger partial charge in [0.1, 0.15) is 0 Å². The Morgan fingerprint density at radius 3 is 1.73 bits per heavy atom. The van der Waals surface area contributed by atoms with Gasteiger partial charge in [0.05, 0.1) is 22.1 Å². The second-order valence-electron chi connectivity index (χ2n) is 15.5. The first-order chi connectivity index (χ1) is 29.7. The largest absolute Gasteiger partial charge is 0.309 e. The van der Waals surface area contributed by atoms with E-state index in [0.717, 1.165) is 56.6 Å². The topological polar surface area (TPSA) is 48.5 Å². The molecule has 11 rings (SSSR count). The van der Waals surface area contributed by atoms with Gasteiger partial charge in [-0.05, 0) is 72.0 Å². The van der Waals surface area contributed by atoms with Crippen molar-refractivity contribution in [1.82, 2.24) is 24.1 Å². The van der Waals surface area contributed by atoms with E-state index in [0.29, 0.717) is 17.5 Å². The van der Waals surface area contributed by atoms with Crippen LogP contribution in [0.25, 0.3) is 100 Å². The van der Waals surface area contributed by atoms with Gasteiger partial charge in [0, 0.05) is 49.6 Å². The second-order valence-corrected chi connectivity index (χ2v) is 15.5. The van der Waals surface area contributed by atoms with Crippen molar-refractivity contribution in [2.75, 3.05) is 0 Å². The molecule has 3 heterocycles. The minimum absolute atomic E-state index is 0.634. The quantitative estimate of drug-likeness (QED) is 0.147. The van der Waals surface area contributed by atoms with E-state index in [9.17, 15) is 0 Å². The highest BCUT2D eigenvalue weighted by Gasteiger charge is 2.22. The lowest BCUT2D eigenvalue weighted by molar-refractivity contribution is 0.795. The van der Waals surface area contributed by atoms with Crippen LogP contribution >= 0.6 is 0 Å². The smallest absolute Gasteiger partial charge is 0.164 e. The lowest BCUT2D eigenvalue weighted by Crippen LogP contribution is -2.01. The van der Waals surface area contributed by atoms with E-state index in [4.69, 9.17) is 15.0 Å². The Hall–Kier alpha value is -7.63. The molecule has 8 aromatic carbocycles. The lowest BCUT2D eigenvalue weighted by Gasteiger charge is -2.14. The average Bonchev–Trinajstić information content (AvgIpc) is 3.84. The van der Waals surface area contributed by atoms with Crippen LogP contribution < -0.4 is 0 Å². The van der Waals surface area contributed by atoms with Crippen molar-refractivity contribution in [3.8, 4) is 56.7 Å². The van der Waals surface area contributed by atoms with Crippen LogP contribution in [0.3, 0.4) is 0 Å². The van der Waals surface area contributed by atoms with E-state index >= 15 is 0 Å². The van der Waals surface area contributed by atoms with Gasteiger partial charge in [-0.3, -0.25) is 0 Å². The number of aromatic nitrogens is 5. The molecule has 0 radical (unpaired) electrons. The van der Waals surface area contributed by atoms with Gasteiger partial charge in [0.2, 0.25) is 0 Å². The van der Waals surface area contributed by atoms with Crippen LogP contribution in [-0.2, 0) is 6.42 Å². The summed E-state index contributed by atoms with van der Waals surface area (Å²) in [5.41, 5.74) is 13.4. The summed E-state index contributed by atoms with van der Waals surface area (Å²) >= 11 is 0. The lowest BCUT2D eigenvalue weighted by atomic mass is 9.98. The molecule has 0 atom stereocenters. The van der Waals surface area contributed by atoms with Crippen molar-refractivity contribution in [3.63, 3.8) is 0 Å². The molecule has 0 N–H and O–H groups in total. The van der Waals surface area contributed by atoms with Gasteiger partial charge in [-0.1, -0.05) is 165 Å². The monoisotopic (exact) mass is 771 g/mol. The molecule has 0 unspecified atom stereocenters. The first-order valence-corrected chi connectivity index (χ1v) is 20.9. The van der Waals surface area contributed by atoms with Crippen LogP contribution in [0, 0.1) is 0 Å². The van der Waals surface area contributed by atoms with Crippen molar-refractivity contribution in [2.45, 2.75) is 26.2 Å². The number of unbranched alkanes of at least 4 members (excludes halogenated alkanes) is 1. The molecule has 3 aromatic heterocycles. The Kier molecular flexibility index (Phi) is 8.85. The van der Waals surface area contributed by atoms with E-state index in [1.54, 1.807) is 0 Å². The van der Waals surface area contributed by atoms with Crippen molar-refractivity contribution in [2.24, 2.45) is 0 Å². The summed E-state index contributed by atoms with van der Waals surface area (Å²) in [4.78, 5) is 15.2. The average molecular weight is 772 g/mol. The predicted octanol–water partition coefficient (Wildman–Crippen LogP) is 14.1. The Balaban J connectivity index is 1.12. The number of hydrogen-bond acceptors (Lipinski definition) is 3. The van der Waals surface area contributed by atoms with Crippen LogP contribution in [0.15, 0.2) is 194 Å². The third-order valence-electron chi connectivity index (χ3n) is 11.7. The fourth-order valence-electron chi connectivity index (χ4n) is 8.93. The first-order valence-electron chi connectivity index (χ1n) is 20.9. The number of fused-ring (bicyclic) bond motifs is 7. The zero-order chi connectivity index (χ0) is 40.0. The molecule has 0 spiro atoms. The Bertz CT molecular complexity index is 3290. The van der Waals surface area contributed by atoms with Crippen LogP contribution in [-0.4, -0.2) is 24.1 Å². The molecule has 0 bridgehead atoms. The normalized spacial score (nSPS) is 11.6. The molecule has 0 aliphatic heterocycles. The molecule has 286 valence electrons. The highest BCUT2D eigenvalue weighted by atomic mass is 15.0. The molecule has 0 aliphatic rings. The van der Waals surface area contributed by atoms with Crippen LogP contribution in [0.2, 0.25) is 0 Å². The van der Waals surface area contributed by atoms with Crippen LogP contribution in [0.5, 0.6) is 0 Å². The number of para-hydroxylation sites is 2. The van der Waals surface area contributed by atoms with Crippen molar-refractivity contribution >= 4 is 43.6 Å². The molecule has 11 aromatic rings. The summed E-state index contributed by atoms with van der Waals surface area (Å²) in [6, 6.07) is 69.0. The van der Waals surface area contributed by atoms with Crippen molar-refractivity contribution < 1.29 is 0 Å². The highest BCUT2D eigenvalue weighted by molar-refractivity contribution is 6.26. The zero-order valence-electron chi connectivity index (χ0n) is 33.3. The molecular weight excluding hydrogens is 731 g/mol. The fraction of sp³-hybridized carbons (Fsp3) is 0.0727. The minimum Gasteiger partial charge on any atom is -0.309 e. The van der Waals surface area contributed by atoms with Crippen LogP contribution in [0.4, 0.5) is 0 Å². The van der Waals surface area contributed by atoms with E-state index in [-0.39, 0.29) is 0 Å². The molecule has 5 nitrogen and oxygen atoms in total. The summed E-state index contributed by atoms with van der Waals surface area (Å²) < 4.78 is 4.92. The maximum Gasteiger partial charge on any atom is 0.164 e. The maximum atomic E-state index is 5.11. The predicted molar refractivity (Wildman–Crippen MR) is 249 cm³/mol. The fourth-order valence-corrected chi connectivity index (χ4v) is 8.93. The van der Waals surface area contributed by atoms with E-state index < -0.39 is 0 Å². The Morgan fingerprint density at radius 1 is 0.400 bits per heavy atom. The maximum absolute atomic E-state index is 5.11. The summed E-state index contributed by atoms with van der Waals surface area (Å²) in [6.07, 6.45) is 3.43. The van der Waals surface area contributed by atoms with Gasteiger partial charge >= 0.3 is 0 Å². The van der Waals surface area contributed by atoms with E-state index in [1.165, 1.54) is 51.0 Å². The number of rotatable bonds is 9. The number of hydrogen-bond donors (Lipinski definition) is 0. The zero-order valence-corrected chi connectivity index (χ0v) is 33.3. The summed E-state index contributed by atoms with van der Waals surface area (Å²) in [5, 5.41) is 5.00. The standard InChI is InChI=1S/C55H41N5/c1-2-3-18-37-31-32-44-45-33-34-49-51(52(45)60(50(44)35-37)41-24-11-6-12-25-41)47-29-15-16-30-48(47)59(49)42-26-17-23-40(36-42)43-27-13-14-28-46(43)55-57-53(38-19-7-4-8-20-38)56-54(58-55)39-21-9-5-10-22-39/h4-17,19-36H,2-3,18H2,1H3. The number of benzene rings is 8. The highest BCUT2D eigenvalue weighted by Crippen LogP contribution is 2.43. The first kappa shape index (κ1) is 35.5. The third-order valence-corrected chi connectivity index (χ3v) is 11.7. The Labute approximate surface area is 348 Å². The minimum atomic E-state index is 0.634. The molecule has 0 fully saturated rings. The molecule has 5 heteroatoms. The van der Waals surface area contributed by atoms with E-state index in [1.807, 2.05) is 60.7 Å². The van der Waals surface area contributed by atoms with Gasteiger partial charge in [-0.15, -0.1) is 0 Å². The van der Waals surface area contributed by atoms with Crippen LogP contribution in [0.1, 0.15) is 25.3 Å². The van der Waals surface area contributed by atoms with Gasteiger partial charge in [0.25, 0.3) is 0 Å². The van der Waals surface area contributed by atoms with Gasteiger partial charge in [0.15, 0.2) is 17.5 Å².